The minimum absolute atomic E-state index is 0.317. The molecule has 1 amide bonds. The highest BCUT2D eigenvalue weighted by molar-refractivity contribution is 14.1. The van der Waals surface area contributed by atoms with Crippen LogP contribution in [0.25, 0.3) is 0 Å². The first-order chi connectivity index (χ1) is 14.1. The summed E-state index contributed by atoms with van der Waals surface area (Å²) in [6.07, 6.45) is 1.56. The summed E-state index contributed by atoms with van der Waals surface area (Å²) >= 11 is 8.02. The van der Waals surface area contributed by atoms with Crippen LogP contribution in [0, 0.1) is 3.57 Å². The number of halogens is 2. The number of benzene rings is 3. The molecule has 0 bridgehead atoms. The maximum Gasteiger partial charge on any atom is 0.271 e. The van der Waals surface area contributed by atoms with Crippen molar-refractivity contribution in [2.24, 2.45) is 5.10 Å². The first-order valence-corrected chi connectivity index (χ1v) is 10.2. The van der Waals surface area contributed by atoms with E-state index in [0.717, 1.165) is 14.7 Å². The number of ether oxygens (including phenoxy) is 2. The van der Waals surface area contributed by atoms with E-state index in [1.54, 1.807) is 43.7 Å². The van der Waals surface area contributed by atoms with Crippen LogP contribution >= 0.6 is 34.2 Å². The summed E-state index contributed by atoms with van der Waals surface area (Å²) in [4.78, 5) is 12.1. The Morgan fingerprint density at radius 2 is 1.86 bits per heavy atom. The lowest BCUT2D eigenvalue weighted by atomic mass is 10.2. The molecule has 0 saturated heterocycles. The van der Waals surface area contributed by atoms with Crippen molar-refractivity contribution in [3.05, 3.63) is 92.0 Å². The van der Waals surface area contributed by atoms with Gasteiger partial charge in [-0.25, -0.2) is 5.43 Å². The van der Waals surface area contributed by atoms with Gasteiger partial charge in [0.2, 0.25) is 0 Å². The highest BCUT2D eigenvalue weighted by atomic mass is 127. The molecule has 1 N–H and O–H groups in total. The lowest BCUT2D eigenvalue weighted by molar-refractivity contribution is 0.0955. The molecule has 0 heterocycles. The van der Waals surface area contributed by atoms with Crippen molar-refractivity contribution in [3.8, 4) is 11.5 Å². The van der Waals surface area contributed by atoms with Gasteiger partial charge in [0.15, 0.2) is 11.5 Å². The Morgan fingerprint density at radius 1 is 1.14 bits per heavy atom. The predicted molar refractivity (Wildman–Crippen MR) is 123 cm³/mol. The SMILES string of the molecule is COc1cc(/C=N/NC(=O)c2ccc(Cl)cc2)cc(I)c1OCc1ccccc1. The number of rotatable bonds is 7. The van der Waals surface area contributed by atoms with E-state index in [-0.39, 0.29) is 5.91 Å². The number of carbonyl (C=O) groups excluding carboxylic acids is 1. The van der Waals surface area contributed by atoms with Crippen LogP contribution in [-0.4, -0.2) is 19.2 Å². The maximum absolute atomic E-state index is 12.1. The Balaban J connectivity index is 1.68. The van der Waals surface area contributed by atoms with Crippen LogP contribution in [0.15, 0.2) is 71.8 Å². The number of hydrazone groups is 1. The molecule has 0 radical (unpaired) electrons. The normalized spacial score (nSPS) is 10.7. The zero-order valence-corrected chi connectivity index (χ0v) is 18.5. The van der Waals surface area contributed by atoms with Gasteiger partial charge in [-0.05, 0) is 70.1 Å². The van der Waals surface area contributed by atoms with Gasteiger partial charge < -0.3 is 9.47 Å². The second-order valence-corrected chi connectivity index (χ2v) is 7.61. The van der Waals surface area contributed by atoms with Gasteiger partial charge in [0.25, 0.3) is 5.91 Å². The smallest absolute Gasteiger partial charge is 0.271 e. The van der Waals surface area contributed by atoms with Gasteiger partial charge in [0.1, 0.15) is 6.61 Å². The zero-order chi connectivity index (χ0) is 20.6. The molecule has 148 valence electrons. The van der Waals surface area contributed by atoms with Gasteiger partial charge in [-0.1, -0.05) is 41.9 Å². The van der Waals surface area contributed by atoms with Crippen molar-refractivity contribution in [2.75, 3.05) is 7.11 Å². The van der Waals surface area contributed by atoms with Crippen molar-refractivity contribution in [3.63, 3.8) is 0 Å². The lowest BCUT2D eigenvalue weighted by Gasteiger charge is -2.13. The summed E-state index contributed by atoms with van der Waals surface area (Å²) in [5.41, 5.74) is 4.82. The number of amides is 1. The van der Waals surface area contributed by atoms with E-state index in [1.807, 2.05) is 36.4 Å². The fourth-order valence-electron chi connectivity index (χ4n) is 2.52. The van der Waals surface area contributed by atoms with Crippen LogP contribution in [-0.2, 0) is 6.61 Å². The minimum Gasteiger partial charge on any atom is -0.493 e. The molecule has 0 aromatic heterocycles. The van der Waals surface area contributed by atoms with Crippen molar-refractivity contribution < 1.29 is 14.3 Å². The van der Waals surface area contributed by atoms with Gasteiger partial charge >= 0.3 is 0 Å². The predicted octanol–water partition coefficient (Wildman–Crippen LogP) is 5.30. The number of carbonyl (C=O) groups is 1. The first kappa shape index (κ1) is 21.1. The maximum atomic E-state index is 12.1. The Bertz CT molecular complexity index is 1010. The summed E-state index contributed by atoms with van der Waals surface area (Å²) < 4.78 is 12.3. The molecule has 0 unspecified atom stereocenters. The quantitative estimate of drug-likeness (QED) is 0.261. The zero-order valence-electron chi connectivity index (χ0n) is 15.6. The van der Waals surface area contributed by atoms with Crippen LogP contribution in [0.5, 0.6) is 11.5 Å². The molecular weight excluding hydrogens is 503 g/mol. The van der Waals surface area contributed by atoms with Crippen molar-refractivity contribution in [1.29, 1.82) is 0 Å². The van der Waals surface area contributed by atoms with E-state index in [2.05, 4.69) is 33.1 Å². The average molecular weight is 521 g/mol. The summed E-state index contributed by atoms with van der Waals surface area (Å²) in [7, 11) is 1.59. The molecule has 3 rings (SSSR count). The largest absolute Gasteiger partial charge is 0.493 e. The fraction of sp³-hybridized carbons (Fsp3) is 0.0909. The second-order valence-electron chi connectivity index (χ2n) is 6.01. The topological polar surface area (TPSA) is 59.9 Å². The fourth-order valence-corrected chi connectivity index (χ4v) is 3.42. The molecule has 29 heavy (non-hydrogen) atoms. The minimum atomic E-state index is -0.317. The Labute approximate surface area is 187 Å². The molecule has 0 aliphatic heterocycles. The van der Waals surface area contributed by atoms with E-state index >= 15 is 0 Å². The molecule has 7 heteroatoms. The van der Waals surface area contributed by atoms with E-state index in [4.69, 9.17) is 21.1 Å². The summed E-state index contributed by atoms with van der Waals surface area (Å²) in [6.45, 7) is 0.442. The molecular formula is C22H18ClIN2O3. The third-order valence-corrected chi connectivity index (χ3v) is 5.02. The lowest BCUT2D eigenvalue weighted by Crippen LogP contribution is -2.17. The summed E-state index contributed by atoms with van der Waals surface area (Å²) in [5, 5.41) is 4.59. The van der Waals surface area contributed by atoms with Crippen LogP contribution in [0.2, 0.25) is 5.02 Å². The molecule has 0 fully saturated rings. The third-order valence-electron chi connectivity index (χ3n) is 3.96. The van der Waals surface area contributed by atoms with Gasteiger partial charge in [0.05, 0.1) is 16.9 Å². The van der Waals surface area contributed by atoms with Crippen LogP contribution in [0.3, 0.4) is 0 Å². The number of hydrogen-bond acceptors (Lipinski definition) is 4. The highest BCUT2D eigenvalue weighted by Crippen LogP contribution is 2.34. The summed E-state index contributed by atoms with van der Waals surface area (Å²) in [6, 6.07) is 20.2. The molecule has 5 nitrogen and oxygen atoms in total. The molecule has 0 atom stereocenters. The van der Waals surface area contributed by atoms with E-state index < -0.39 is 0 Å². The van der Waals surface area contributed by atoms with Gasteiger partial charge in [-0.15, -0.1) is 0 Å². The number of methoxy groups -OCH3 is 1. The summed E-state index contributed by atoms with van der Waals surface area (Å²) in [5.74, 6) is 0.944. The Hall–Kier alpha value is -2.58. The van der Waals surface area contributed by atoms with Crippen LogP contribution in [0.4, 0.5) is 0 Å². The molecule has 3 aromatic rings. The standard InChI is InChI=1S/C22H18ClIN2O3/c1-28-20-12-16(13-25-26-22(27)17-7-9-18(23)10-8-17)11-19(24)21(20)29-14-15-5-3-2-4-6-15/h2-13H,14H2,1H3,(H,26,27)/b25-13+. The Morgan fingerprint density at radius 3 is 2.55 bits per heavy atom. The van der Waals surface area contributed by atoms with Crippen LogP contribution in [0.1, 0.15) is 21.5 Å². The molecule has 3 aromatic carbocycles. The molecule has 0 aliphatic rings. The Kier molecular flexibility index (Phi) is 7.48. The van der Waals surface area contributed by atoms with Crippen LogP contribution < -0.4 is 14.9 Å². The monoisotopic (exact) mass is 520 g/mol. The van der Waals surface area contributed by atoms with E-state index in [9.17, 15) is 4.79 Å². The van der Waals surface area contributed by atoms with Gasteiger partial charge in [0, 0.05) is 10.6 Å². The number of nitrogens with zero attached hydrogens (tertiary/aromatic N) is 1. The van der Waals surface area contributed by atoms with Crippen molar-refractivity contribution in [2.45, 2.75) is 6.61 Å². The van der Waals surface area contributed by atoms with Gasteiger partial charge in [-0.3, -0.25) is 4.79 Å². The first-order valence-electron chi connectivity index (χ1n) is 8.70. The average Bonchev–Trinajstić information content (AvgIpc) is 2.73. The third kappa shape index (κ3) is 5.95. The highest BCUT2D eigenvalue weighted by Gasteiger charge is 2.11. The van der Waals surface area contributed by atoms with E-state index in [1.165, 1.54) is 0 Å². The van der Waals surface area contributed by atoms with Crippen molar-refractivity contribution in [1.82, 2.24) is 5.43 Å². The number of nitrogens with one attached hydrogen (secondary N) is 1. The second kappa shape index (κ2) is 10.3. The molecule has 0 aliphatic carbocycles. The molecule has 0 spiro atoms. The van der Waals surface area contributed by atoms with Gasteiger partial charge in [-0.2, -0.15) is 5.10 Å². The van der Waals surface area contributed by atoms with Crippen molar-refractivity contribution >= 4 is 46.3 Å². The molecule has 0 saturated carbocycles. The number of hydrogen-bond donors (Lipinski definition) is 1. The van der Waals surface area contributed by atoms with E-state index in [0.29, 0.717) is 28.7 Å².